The van der Waals surface area contributed by atoms with Gasteiger partial charge < -0.3 is 4.90 Å². The summed E-state index contributed by atoms with van der Waals surface area (Å²) in [6, 6.07) is 2.42. The van der Waals surface area contributed by atoms with Crippen LogP contribution in [0.25, 0.3) is 0 Å². The van der Waals surface area contributed by atoms with Crippen molar-refractivity contribution in [3.63, 3.8) is 0 Å². The average molecular weight is 260 g/mol. The van der Waals surface area contributed by atoms with Gasteiger partial charge in [0.2, 0.25) is 5.13 Å². The predicted molar refractivity (Wildman–Crippen MR) is 67.5 cm³/mol. The number of hydrogen-bond acceptors (Lipinski definition) is 6. The number of nitrogens with zero attached hydrogens (tertiary/aromatic N) is 6. The second kappa shape index (κ2) is 4.38. The van der Waals surface area contributed by atoms with Gasteiger partial charge in [0, 0.05) is 19.3 Å². The minimum absolute atomic E-state index is 0.316. The first-order valence-corrected chi connectivity index (χ1v) is 6.57. The molecule has 0 amide bonds. The highest BCUT2D eigenvalue weighted by Crippen LogP contribution is 2.28. The third-order valence-corrected chi connectivity index (χ3v) is 3.95. The van der Waals surface area contributed by atoms with Crippen LogP contribution in [-0.4, -0.2) is 33.1 Å². The van der Waals surface area contributed by atoms with Gasteiger partial charge in [-0.15, -0.1) is 10.2 Å². The summed E-state index contributed by atoms with van der Waals surface area (Å²) < 4.78 is 1.88. The van der Waals surface area contributed by atoms with Crippen LogP contribution in [0.15, 0.2) is 12.4 Å². The Hall–Kier alpha value is -1.94. The van der Waals surface area contributed by atoms with Gasteiger partial charge in [0.1, 0.15) is 11.1 Å². The lowest BCUT2D eigenvalue weighted by Gasteiger charge is -2.14. The van der Waals surface area contributed by atoms with Crippen molar-refractivity contribution in [1.29, 1.82) is 5.26 Å². The molecule has 0 saturated carbocycles. The summed E-state index contributed by atoms with van der Waals surface area (Å²) in [6.45, 7) is 3.80. The molecule has 0 N–H and O–H groups in total. The Labute approximate surface area is 108 Å². The standard InChI is InChI=1S/C11H12N6S/c1-8-14-15-11(18-8)16-3-2-10(7-16)17-6-9(4-12)5-13-17/h5-6,10H,2-3,7H2,1H3. The average Bonchev–Trinajstić information content (AvgIpc) is 3.07. The molecule has 92 valence electrons. The van der Waals surface area contributed by atoms with Gasteiger partial charge in [0.25, 0.3) is 0 Å². The number of rotatable bonds is 2. The zero-order valence-electron chi connectivity index (χ0n) is 9.94. The zero-order valence-corrected chi connectivity index (χ0v) is 10.8. The monoisotopic (exact) mass is 260 g/mol. The third-order valence-electron chi connectivity index (χ3n) is 3.05. The van der Waals surface area contributed by atoms with Gasteiger partial charge in [-0.3, -0.25) is 4.68 Å². The minimum Gasteiger partial charge on any atom is -0.344 e. The maximum Gasteiger partial charge on any atom is 0.208 e. The summed E-state index contributed by atoms with van der Waals surface area (Å²) in [5.74, 6) is 0. The Morgan fingerprint density at radius 3 is 3.06 bits per heavy atom. The molecule has 1 fully saturated rings. The molecular formula is C11H12N6S. The van der Waals surface area contributed by atoms with E-state index in [1.165, 1.54) is 0 Å². The number of aromatic nitrogens is 4. The first kappa shape index (κ1) is 11.2. The van der Waals surface area contributed by atoms with Gasteiger partial charge in [0.05, 0.1) is 17.8 Å². The molecule has 2 aromatic rings. The SMILES string of the molecule is Cc1nnc(N2CCC(n3cc(C#N)cn3)C2)s1. The smallest absolute Gasteiger partial charge is 0.208 e. The lowest BCUT2D eigenvalue weighted by atomic mass is 10.3. The fourth-order valence-corrected chi connectivity index (χ4v) is 2.86. The molecule has 0 radical (unpaired) electrons. The first-order valence-electron chi connectivity index (χ1n) is 5.75. The summed E-state index contributed by atoms with van der Waals surface area (Å²) in [6.07, 6.45) is 4.43. The van der Waals surface area contributed by atoms with E-state index in [1.54, 1.807) is 23.7 Å². The van der Waals surface area contributed by atoms with Crippen molar-refractivity contribution in [2.24, 2.45) is 0 Å². The van der Waals surface area contributed by atoms with Gasteiger partial charge in [0.15, 0.2) is 0 Å². The molecule has 3 heterocycles. The second-order valence-electron chi connectivity index (χ2n) is 4.31. The molecule has 0 spiro atoms. The van der Waals surface area contributed by atoms with Crippen molar-refractivity contribution in [3.8, 4) is 6.07 Å². The lowest BCUT2D eigenvalue weighted by Crippen LogP contribution is -2.20. The minimum atomic E-state index is 0.316. The summed E-state index contributed by atoms with van der Waals surface area (Å²) >= 11 is 1.61. The molecule has 1 unspecified atom stereocenters. The van der Waals surface area contributed by atoms with Crippen LogP contribution in [0, 0.1) is 18.3 Å². The molecule has 1 aliphatic rings. The second-order valence-corrected chi connectivity index (χ2v) is 5.47. The topological polar surface area (TPSA) is 70.6 Å². The van der Waals surface area contributed by atoms with Gasteiger partial charge >= 0.3 is 0 Å². The van der Waals surface area contributed by atoms with Gasteiger partial charge in [-0.05, 0) is 13.3 Å². The van der Waals surface area contributed by atoms with E-state index in [-0.39, 0.29) is 0 Å². The van der Waals surface area contributed by atoms with Crippen LogP contribution in [-0.2, 0) is 0 Å². The van der Waals surface area contributed by atoms with Crippen LogP contribution in [0.4, 0.5) is 5.13 Å². The summed E-state index contributed by atoms with van der Waals surface area (Å²) in [5.41, 5.74) is 0.611. The molecule has 6 nitrogen and oxygen atoms in total. The molecule has 3 rings (SSSR count). The Balaban J connectivity index is 1.73. The fraction of sp³-hybridized carbons (Fsp3) is 0.455. The Morgan fingerprint density at radius 2 is 2.39 bits per heavy atom. The molecule has 2 aromatic heterocycles. The lowest BCUT2D eigenvalue weighted by molar-refractivity contribution is 0.494. The maximum atomic E-state index is 8.80. The molecule has 1 saturated heterocycles. The van der Waals surface area contributed by atoms with Crippen molar-refractivity contribution < 1.29 is 0 Å². The van der Waals surface area contributed by atoms with E-state index in [4.69, 9.17) is 5.26 Å². The molecule has 18 heavy (non-hydrogen) atoms. The Morgan fingerprint density at radius 1 is 1.50 bits per heavy atom. The Bertz CT molecular complexity index is 595. The van der Waals surface area contributed by atoms with Crippen molar-refractivity contribution in [3.05, 3.63) is 23.0 Å². The summed E-state index contributed by atoms with van der Waals surface area (Å²) in [7, 11) is 0. The van der Waals surface area contributed by atoms with E-state index in [9.17, 15) is 0 Å². The van der Waals surface area contributed by atoms with Crippen molar-refractivity contribution in [2.75, 3.05) is 18.0 Å². The molecule has 1 aliphatic heterocycles. The molecule has 0 bridgehead atoms. The number of aryl methyl sites for hydroxylation is 1. The van der Waals surface area contributed by atoms with E-state index in [0.29, 0.717) is 11.6 Å². The van der Waals surface area contributed by atoms with Crippen LogP contribution in [0.3, 0.4) is 0 Å². The summed E-state index contributed by atoms with van der Waals surface area (Å²) in [4.78, 5) is 2.23. The van der Waals surface area contributed by atoms with E-state index in [1.807, 2.05) is 11.6 Å². The highest BCUT2D eigenvalue weighted by Gasteiger charge is 2.26. The molecule has 0 aromatic carbocycles. The molecule has 7 heteroatoms. The van der Waals surface area contributed by atoms with Crippen LogP contribution >= 0.6 is 11.3 Å². The van der Waals surface area contributed by atoms with Crippen LogP contribution in [0.5, 0.6) is 0 Å². The largest absolute Gasteiger partial charge is 0.344 e. The van der Waals surface area contributed by atoms with Crippen LogP contribution in [0.2, 0.25) is 0 Å². The predicted octanol–water partition coefficient (Wildman–Crippen LogP) is 1.37. The van der Waals surface area contributed by atoms with Crippen LogP contribution in [0.1, 0.15) is 23.0 Å². The first-order chi connectivity index (χ1) is 8.76. The van der Waals surface area contributed by atoms with E-state index in [2.05, 4.69) is 26.3 Å². The quantitative estimate of drug-likeness (QED) is 0.815. The van der Waals surface area contributed by atoms with E-state index >= 15 is 0 Å². The van der Waals surface area contributed by atoms with Crippen molar-refractivity contribution in [2.45, 2.75) is 19.4 Å². The normalized spacial score (nSPS) is 19.1. The third kappa shape index (κ3) is 1.95. The van der Waals surface area contributed by atoms with Gasteiger partial charge in [-0.25, -0.2) is 0 Å². The van der Waals surface area contributed by atoms with Crippen molar-refractivity contribution in [1.82, 2.24) is 20.0 Å². The molecule has 1 atom stereocenters. The van der Waals surface area contributed by atoms with Gasteiger partial charge in [-0.1, -0.05) is 11.3 Å². The zero-order chi connectivity index (χ0) is 12.5. The highest BCUT2D eigenvalue weighted by molar-refractivity contribution is 7.15. The van der Waals surface area contributed by atoms with Crippen molar-refractivity contribution >= 4 is 16.5 Å². The number of anilines is 1. The Kier molecular flexibility index (Phi) is 2.72. The van der Waals surface area contributed by atoms with Crippen LogP contribution < -0.4 is 4.90 Å². The molecule has 0 aliphatic carbocycles. The van der Waals surface area contributed by atoms with E-state index in [0.717, 1.165) is 29.6 Å². The van der Waals surface area contributed by atoms with E-state index < -0.39 is 0 Å². The summed E-state index contributed by atoms with van der Waals surface area (Å²) in [5, 5.41) is 23.2. The fourth-order valence-electron chi connectivity index (χ4n) is 2.14. The van der Waals surface area contributed by atoms with Gasteiger partial charge in [-0.2, -0.15) is 10.4 Å². The number of nitriles is 1. The highest BCUT2D eigenvalue weighted by atomic mass is 32.1. The molecular weight excluding hydrogens is 248 g/mol. The number of hydrogen-bond donors (Lipinski definition) is 0. The maximum absolute atomic E-state index is 8.80.